The zero-order valence-corrected chi connectivity index (χ0v) is 19.6. The van der Waals surface area contributed by atoms with Gasteiger partial charge in [-0.05, 0) is 83.0 Å². The smallest absolute Gasteiger partial charge is 0.402 e. The molecule has 8 nitrogen and oxygen atoms in total. The monoisotopic (exact) mass is 494 g/mol. The van der Waals surface area contributed by atoms with E-state index in [0.717, 1.165) is 38.5 Å². The van der Waals surface area contributed by atoms with Gasteiger partial charge in [0.1, 0.15) is 12.2 Å². The fourth-order valence-corrected chi connectivity index (χ4v) is 7.09. The fraction of sp³-hybridized carbons (Fsp3) is 0.909. The van der Waals surface area contributed by atoms with E-state index in [0.29, 0.717) is 25.7 Å². The third-order valence-electron chi connectivity index (χ3n) is 7.96. The van der Waals surface area contributed by atoms with E-state index in [9.17, 15) is 26.8 Å². The van der Waals surface area contributed by atoms with Gasteiger partial charge < -0.3 is 14.2 Å². The molecule has 0 aliphatic heterocycles. The van der Waals surface area contributed by atoms with Crippen LogP contribution in [0, 0.1) is 17.3 Å². The molecule has 188 valence electrons. The van der Waals surface area contributed by atoms with E-state index >= 15 is 0 Å². The van der Waals surface area contributed by atoms with Gasteiger partial charge in [-0.2, -0.15) is 17.2 Å². The molecule has 2 unspecified atom stereocenters. The molecule has 5 saturated carbocycles. The van der Waals surface area contributed by atoms with Crippen LogP contribution >= 0.6 is 0 Å². The lowest BCUT2D eigenvalue weighted by atomic mass is 9.48. The summed E-state index contributed by atoms with van der Waals surface area (Å²) in [5.41, 5.74) is -2.27. The topological polar surface area (TPSA) is 116 Å². The number of ether oxygens (including phenoxy) is 3. The summed E-state index contributed by atoms with van der Waals surface area (Å²) in [4.78, 5) is 25.4. The molecule has 0 aromatic rings. The molecule has 0 radical (unpaired) electrons. The predicted molar refractivity (Wildman–Crippen MR) is 111 cm³/mol. The Bertz CT molecular complexity index is 882. The molecule has 5 fully saturated rings. The quantitative estimate of drug-likeness (QED) is 0.402. The van der Waals surface area contributed by atoms with Gasteiger partial charge in [-0.25, -0.2) is 4.79 Å². The Labute approximate surface area is 192 Å². The number of hydrogen-bond donors (Lipinski definition) is 1. The number of carbonyl (C=O) groups excluding carboxylic acids is 2. The first kappa shape index (κ1) is 24.8. The molecule has 5 aliphatic carbocycles. The van der Waals surface area contributed by atoms with Crippen LogP contribution in [0.1, 0.15) is 77.6 Å². The van der Waals surface area contributed by atoms with E-state index in [1.807, 2.05) is 6.92 Å². The Kier molecular flexibility index (Phi) is 6.31. The second kappa shape index (κ2) is 8.41. The van der Waals surface area contributed by atoms with Gasteiger partial charge in [0, 0.05) is 0 Å². The normalized spacial score (nSPS) is 35.3. The van der Waals surface area contributed by atoms with E-state index in [-0.39, 0.29) is 24.9 Å². The number of esters is 2. The minimum atomic E-state index is -5.69. The van der Waals surface area contributed by atoms with Crippen molar-refractivity contribution in [3.8, 4) is 0 Å². The maximum Gasteiger partial charge on any atom is 0.402 e. The summed E-state index contributed by atoms with van der Waals surface area (Å²) in [6.45, 7) is -0.0381. The van der Waals surface area contributed by atoms with Gasteiger partial charge in [-0.3, -0.25) is 9.35 Å². The van der Waals surface area contributed by atoms with E-state index in [1.165, 1.54) is 0 Å². The van der Waals surface area contributed by atoms with Crippen LogP contribution in [0.4, 0.5) is 8.78 Å². The highest BCUT2D eigenvalue weighted by atomic mass is 32.2. The van der Waals surface area contributed by atoms with Crippen molar-refractivity contribution in [3.05, 3.63) is 0 Å². The molecule has 5 aliphatic rings. The van der Waals surface area contributed by atoms with Crippen molar-refractivity contribution in [2.45, 2.75) is 94.0 Å². The summed E-state index contributed by atoms with van der Waals surface area (Å²) in [6, 6.07) is 0. The summed E-state index contributed by atoms with van der Waals surface area (Å²) in [5, 5.41) is -4.57. The molecule has 11 heteroatoms. The van der Waals surface area contributed by atoms with Gasteiger partial charge in [0.2, 0.25) is 0 Å². The van der Waals surface area contributed by atoms with Gasteiger partial charge >= 0.3 is 27.3 Å². The van der Waals surface area contributed by atoms with Crippen molar-refractivity contribution >= 4 is 22.1 Å². The first-order valence-corrected chi connectivity index (χ1v) is 13.1. The fourth-order valence-electron chi connectivity index (χ4n) is 6.88. The molecule has 0 heterocycles. The van der Waals surface area contributed by atoms with E-state index in [2.05, 4.69) is 0 Å². The number of hydrogen-bond acceptors (Lipinski definition) is 7. The molecule has 0 saturated heterocycles. The molecule has 5 rings (SSSR count). The lowest BCUT2D eigenvalue weighted by Gasteiger charge is -2.60. The number of rotatable bonds is 8. The third kappa shape index (κ3) is 5.05. The lowest BCUT2D eigenvalue weighted by molar-refractivity contribution is -0.218. The standard InChI is InChI=1S/C22H32F2O8S/c1-19(5-3-2-4-6-19)32-17(25)12-31-21-10-15-7-16(11-21)9-20(8-15,13-21)18(26)30-14-22(23,24)33(27,28)29/h15-16H,2-14H2,1H3,(H,27,28,29). The van der Waals surface area contributed by atoms with Crippen molar-refractivity contribution in [1.29, 1.82) is 0 Å². The Balaban J connectivity index is 1.40. The SMILES string of the molecule is CC1(OC(=O)COC23CC4CC(C2)CC(C(=O)OCC(F)(F)S(=O)(=O)O)(C4)C3)CCCCC1. The lowest BCUT2D eigenvalue weighted by Crippen LogP contribution is -2.60. The van der Waals surface area contributed by atoms with E-state index in [4.69, 9.17) is 18.8 Å². The largest absolute Gasteiger partial charge is 0.458 e. The molecule has 0 amide bonds. The zero-order valence-electron chi connectivity index (χ0n) is 18.8. The molecular formula is C22H32F2O8S. The molecule has 0 aromatic carbocycles. The molecule has 0 spiro atoms. The van der Waals surface area contributed by atoms with Crippen LogP contribution in [0.3, 0.4) is 0 Å². The van der Waals surface area contributed by atoms with Crippen molar-refractivity contribution in [2.75, 3.05) is 13.2 Å². The predicted octanol–water partition coefficient (Wildman–Crippen LogP) is 3.63. The van der Waals surface area contributed by atoms with E-state index < -0.39 is 50.5 Å². The summed E-state index contributed by atoms with van der Waals surface area (Å²) in [7, 11) is -5.69. The second-order valence-corrected chi connectivity index (χ2v) is 12.4. The van der Waals surface area contributed by atoms with Crippen LogP contribution < -0.4 is 0 Å². The van der Waals surface area contributed by atoms with Crippen molar-refractivity contribution in [1.82, 2.24) is 0 Å². The molecule has 1 N–H and O–H groups in total. The Morgan fingerprint density at radius 3 is 2.24 bits per heavy atom. The first-order valence-electron chi connectivity index (χ1n) is 11.6. The zero-order chi connectivity index (χ0) is 24.1. The van der Waals surface area contributed by atoms with Crippen LogP contribution in [0.15, 0.2) is 0 Å². The van der Waals surface area contributed by atoms with Gasteiger partial charge in [0.25, 0.3) is 0 Å². The highest BCUT2D eigenvalue weighted by Gasteiger charge is 2.62. The Morgan fingerprint density at radius 1 is 1.06 bits per heavy atom. The average molecular weight is 495 g/mol. The van der Waals surface area contributed by atoms with Crippen LogP contribution in [0.25, 0.3) is 0 Å². The third-order valence-corrected chi connectivity index (χ3v) is 8.83. The summed E-state index contributed by atoms with van der Waals surface area (Å²) in [5.74, 6) is -1.08. The van der Waals surface area contributed by atoms with Gasteiger partial charge in [0.15, 0.2) is 6.61 Å². The summed E-state index contributed by atoms with van der Waals surface area (Å²) in [6.07, 6.45) is 8.16. The molecule has 33 heavy (non-hydrogen) atoms. The van der Waals surface area contributed by atoms with Crippen molar-refractivity contribution in [3.63, 3.8) is 0 Å². The van der Waals surface area contributed by atoms with Gasteiger partial charge in [-0.1, -0.05) is 6.42 Å². The number of carbonyl (C=O) groups is 2. The minimum Gasteiger partial charge on any atom is -0.458 e. The van der Waals surface area contributed by atoms with Gasteiger partial charge in [0.05, 0.1) is 11.0 Å². The van der Waals surface area contributed by atoms with E-state index in [1.54, 1.807) is 0 Å². The maximum atomic E-state index is 13.6. The maximum absolute atomic E-state index is 13.6. The molecule has 4 bridgehead atoms. The average Bonchev–Trinajstić information content (AvgIpc) is 2.69. The number of alkyl halides is 2. The minimum absolute atomic E-state index is 0.132. The summed E-state index contributed by atoms with van der Waals surface area (Å²) >= 11 is 0. The van der Waals surface area contributed by atoms with Gasteiger partial charge in [-0.15, -0.1) is 0 Å². The van der Waals surface area contributed by atoms with Crippen LogP contribution in [-0.2, 0) is 33.9 Å². The first-order chi connectivity index (χ1) is 15.3. The van der Waals surface area contributed by atoms with Crippen LogP contribution in [-0.4, -0.2) is 54.6 Å². The van der Waals surface area contributed by atoms with Crippen molar-refractivity contribution in [2.24, 2.45) is 17.3 Å². The molecule has 2 atom stereocenters. The second-order valence-electron chi connectivity index (χ2n) is 10.9. The molecule has 0 aromatic heterocycles. The highest BCUT2D eigenvalue weighted by Crippen LogP contribution is 2.63. The number of halogens is 2. The summed E-state index contributed by atoms with van der Waals surface area (Å²) < 4.78 is 74.0. The van der Waals surface area contributed by atoms with Crippen LogP contribution in [0.5, 0.6) is 0 Å². The highest BCUT2D eigenvalue weighted by molar-refractivity contribution is 7.86. The Morgan fingerprint density at radius 2 is 1.67 bits per heavy atom. The van der Waals surface area contributed by atoms with Crippen molar-refractivity contribution < 1.29 is 45.6 Å². The van der Waals surface area contributed by atoms with Crippen LogP contribution in [0.2, 0.25) is 0 Å². The Hall–Kier alpha value is -1.33. The molecular weight excluding hydrogens is 462 g/mol.